The number of nitrogens with zero attached hydrogens (tertiary/aromatic N) is 5. The first-order chi connectivity index (χ1) is 14.7. The van der Waals surface area contributed by atoms with Crippen LogP contribution < -0.4 is 0 Å². The van der Waals surface area contributed by atoms with Gasteiger partial charge in [0.1, 0.15) is 17.5 Å². The van der Waals surface area contributed by atoms with E-state index in [1.165, 1.54) is 50.2 Å². The van der Waals surface area contributed by atoms with Crippen LogP contribution in [-0.4, -0.2) is 37.7 Å². The van der Waals surface area contributed by atoms with E-state index >= 15 is 0 Å². The Morgan fingerprint density at radius 1 is 1.03 bits per heavy atom. The minimum atomic E-state index is -0.187. The summed E-state index contributed by atoms with van der Waals surface area (Å²) in [5.41, 5.74) is 2.35. The highest BCUT2D eigenvalue weighted by Crippen LogP contribution is 2.64. The summed E-state index contributed by atoms with van der Waals surface area (Å²) in [7, 11) is 0. The summed E-state index contributed by atoms with van der Waals surface area (Å²) >= 11 is 0. The van der Waals surface area contributed by atoms with Crippen molar-refractivity contribution in [3.8, 4) is 0 Å². The molecule has 1 aromatic carbocycles. The summed E-state index contributed by atoms with van der Waals surface area (Å²) in [6.45, 7) is 4.11. The van der Waals surface area contributed by atoms with Crippen LogP contribution >= 0.6 is 0 Å². The third-order valence-electron chi connectivity index (χ3n) is 7.69. The molecular weight excluding hydrogens is 377 g/mol. The second kappa shape index (κ2) is 7.12. The van der Waals surface area contributed by atoms with Gasteiger partial charge in [-0.05, 0) is 74.4 Å². The first-order valence-electron chi connectivity index (χ1n) is 11.4. The number of aromatic nitrogens is 4. The molecule has 1 aliphatic carbocycles. The molecule has 0 bridgehead atoms. The molecule has 5 nitrogen and oxygen atoms in total. The van der Waals surface area contributed by atoms with E-state index in [1.807, 2.05) is 12.1 Å². The van der Waals surface area contributed by atoms with Crippen LogP contribution in [0.3, 0.4) is 0 Å². The Morgan fingerprint density at radius 2 is 1.93 bits per heavy atom. The largest absolute Gasteiger partial charge is 0.315 e. The maximum atomic E-state index is 14.1. The Bertz CT molecular complexity index is 1080. The van der Waals surface area contributed by atoms with Gasteiger partial charge in [-0.25, -0.2) is 4.39 Å². The predicted octanol–water partition coefficient (Wildman–Crippen LogP) is 4.46. The summed E-state index contributed by atoms with van der Waals surface area (Å²) < 4.78 is 16.6. The highest BCUT2D eigenvalue weighted by Gasteiger charge is 2.57. The van der Waals surface area contributed by atoms with Crippen LogP contribution in [0.25, 0.3) is 10.9 Å². The topological polar surface area (TPSA) is 46.8 Å². The first kappa shape index (κ1) is 18.4. The zero-order valence-corrected chi connectivity index (χ0v) is 17.4. The van der Waals surface area contributed by atoms with Crippen molar-refractivity contribution in [1.29, 1.82) is 0 Å². The maximum Gasteiger partial charge on any atom is 0.136 e. The first-order valence-corrected chi connectivity index (χ1v) is 11.4. The average Bonchev–Trinajstić information content (AvgIpc) is 3.41. The van der Waals surface area contributed by atoms with Gasteiger partial charge >= 0.3 is 0 Å². The van der Waals surface area contributed by atoms with Crippen LogP contribution in [-0.2, 0) is 19.5 Å². The molecule has 4 heterocycles. The molecule has 1 atom stereocenters. The van der Waals surface area contributed by atoms with E-state index in [1.54, 1.807) is 18.3 Å². The van der Waals surface area contributed by atoms with Gasteiger partial charge in [-0.15, -0.1) is 10.2 Å². The van der Waals surface area contributed by atoms with Gasteiger partial charge in [0.25, 0.3) is 0 Å². The smallest absolute Gasteiger partial charge is 0.136 e. The molecule has 1 saturated heterocycles. The van der Waals surface area contributed by atoms with Crippen molar-refractivity contribution in [3.63, 3.8) is 0 Å². The Balaban J connectivity index is 1.15. The number of halogens is 1. The Hall–Kier alpha value is -2.34. The lowest BCUT2D eigenvalue weighted by Crippen LogP contribution is -2.34. The van der Waals surface area contributed by atoms with E-state index < -0.39 is 0 Å². The number of aryl methyl sites for hydroxylation is 1. The molecule has 3 aliphatic rings. The number of rotatable bonds is 3. The van der Waals surface area contributed by atoms with Gasteiger partial charge in [-0.3, -0.25) is 9.88 Å². The summed E-state index contributed by atoms with van der Waals surface area (Å²) in [6, 6.07) is 7.11. The van der Waals surface area contributed by atoms with E-state index in [4.69, 9.17) is 0 Å². The van der Waals surface area contributed by atoms with E-state index in [9.17, 15) is 4.39 Å². The van der Waals surface area contributed by atoms with Crippen molar-refractivity contribution in [1.82, 2.24) is 24.6 Å². The Kier molecular flexibility index (Phi) is 4.37. The van der Waals surface area contributed by atoms with Crippen molar-refractivity contribution in [2.24, 2.45) is 5.41 Å². The fourth-order valence-electron chi connectivity index (χ4n) is 5.75. The number of fused-ring (bicyclic) bond motifs is 2. The van der Waals surface area contributed by atoms with E-state index in [-0.39, 0.29) is 5.82 Å². The zero-order chi connectivity index (χ0) is 20.1. The molecule has 1 saturated carbocycles. The average molecular weight is 406 g/mol. The number of hydrogen-bond acceptors (Lipinski definition) is 4. The van der Waals surface area contributed by atoms with Crippen molar-refractivity contribution >= 4 is 10.9 Å². The molecule has 6 heteroatoms. The summed E-state index contributed by atoms with van der Waals surface area (Å²) in [5.74, 6) is 2.87. The number of benzene rings is 1. The molecule has 0 unspecified atom stereocenters. The SMILES string of the molecule is Fc1ccc(CN2CCC3(CC2)C[C@@H]3c2nnc3n2CCCCC3)c2ncccc12. The van der Waals surface area contributed by atoms with Crippen molar-refractivity contribution in [2.75, 3.05) is 13.1 Å². The molecule has 0 radical (unpaired) electrons. The number of pyridine rings is 1. The van der Waals surface area contributed by atoms with E-state index in [2.05, 4.69) is 24.6 Å². The van der Waals surface area contributed by atoms with Crippen LogP contribution in [0.1, 0.15) is 61.7 Å². The molecule has 2 aliphatic heterocycles. The zero-order valence-electron chi connectivity index (χ0n) is 17.4. The van der Waals surface area contributed by atoms with Gasteiger partial charge in [-0.1, -0.05) is 12.5 Å². The lowest BCUT2D eigenvalue weighted by atomic mass is 9.90. The molecule has 0 amide bonds. The molecule has 0 N–H and O–H groups in total. The minimum Gasteiger partial charge on any atom is -0.315 e. The molecule has 1 spiro atoms. The quantitative estimate of drug-likeness (QED) is 0.645. The Labute approximate surface area is 176 Å². The van der Waals surface area contributed by atoms with Crippen molar-refractivity contribution < 1.29 is 4.39 Å². The van der Waals surface area contributed by atoms with E-state index in [0.717, 1.165) is 43.7 Å². The highest BCUT2D eigenvalue weighted by molar-refractivity contribution is 5.82. The van der Waals surface area contributed by atoms with Gasteiger partial charge in [0.15, 0.2) is 0 Å². The van der Waals surface area contributed by atoms with Crippen molar-refractivity contribution in [2.45, 2.75) is 64.0 Å². The van der Waals surface area contributed by atoms with Crippen LogP contribution in [0.15, 0.2) is 30.5 Å². The van der Waals surface area contributed by atoms with E-state index in [0.29, 0.717) is 16.7 Å². The van der Waals surface area contributed by atoms with Gasteiger partial charge in [0.05, 0.1) is 5.52 Å². The molecule has 3 aromatic rings. The second-order valence-corrected chi connectivity index (χ2v) is 9.44. The van der Waals surface area contributed by atoms with Crippen LogP contribution in [0, 0.1) is 11.2 Å². The number of piperidine rings is 1. The van der Waals surface area contributed by atoms with Crippen LogP contribution in [0.2, 0.25) is 0 Å². The minimum absolute atomic E-state index is 0.187. The maximum absolute atomic E-state index is 14.1. The second-order valence-electron chi connectivity index (χ2n) is 9.44. The molecule has 30 heavy (non-hydrogen) atoms. The van der Waals surface area contributed by atoms with Gasteiger partial charge in [-0.2, -0.15) is 0 Å². The molecular formula is C24H28FN5. The normalized spacial score (nSPS) is 23.4. The number of likely N-dealkylation sites (tertiary alicyclic amines) is 1. The monoisotopic (exact) mass is 405 g/mol. The standard InChI is InChI=1S/C24H28FN5/c25-20-8-7-17(22-18(20)5-4-11-26-22)16-29-13-9-24(10-14-29)15-19(24)23-28-27-21-6-2-1-3-12-30(21)23/h4-5,7-8,11,19H,1-3,6,9-10,12-16H2/t19-/m1/s1. The molecule has 2 aromatic heterocycles. The summed E-state index contributed by atoms with van der Waals surface area (Å²) in [4.78, 5) is 6.96. The fraction of sp³-hybridized carbons (Fsp3) is 0.542. The lowest BCUT2D eigenvalue weighted by Gasteiger charge is -2.33. The molecule has 156 valence electrons. The molecule has 2 fully saturated rings. The highest BCUT2D eigenvalue weighted by atomic mass is 19.1. The third-order valence-corrected chi connectivity index (χ3v) is 7.69. The van der Waals surface area contributed by atoms with Crippen molar-refractivity contribution in [3.05, 3.63) is 53.5 Å². The van der Waals surface area contributed by atoms with Gasteiger partial charge < -0.3 is 4.57 Å². The fourth-order valence-corrected chi connectivity index (χ4v) is 5.75. The summed E-state index contributed by atoms with van der Waals surface area (Å²) in [6.07, 6.45) is 10.3. The summed E-state index contributed by atoms with van der Waals surface area (Å²) in [5, 5.41) is 9.79. The molecule has 6 rings (SSSR count). The third kappa shape index (κ3) is 3.04. The lowest BCUT2D eigenvalue weighted by molar-refractivity contribution is 0.162. The van der Waals surface area contributed by atoms with Crippen LogP contribution in [0.5, 0.6) is 0 Å². The van der Waals surface area contributed by atoms with Gasteiger partial charge in [0.2, 0.25) is 0 Å². The predicted molar refractivity (Wildman–Crippen MR) is 114 cm³/mol. The van der Waals surface area contributed by atoms with Gasteiger partial charge in [0, 0.05) is 37.0 Å². The number of hydrogen-bond donors (Lipinski definition) is 0. The van der Waals surface area contributed by atoms with Crippen LogP contribution in [0.4, 0.5) is 4.39 Å². The Morgan fingerprint density at radius 3 is 2.83 bits per heavy atom.